The molecule has 0 aliphatic heterocycles. The highest BCUT2D eigenvalue weighted by Crippen LogP contribution is 2.15. The predicted octanol–water partition coefficient (Wildman–Crippen LogP) is 2.59. The quantitative estimate of drug-likeness (QED) is 0.628. The standard InChI is InChI=1S/C12H14NP/c1-9-8-12(14)10(2)13(9)11-6-4-3-5-7-11/h3-8H,14H2,1-2H3. The van der Waals surface area contributed by atoms with Gasteiger partial charge < -0.3 is 4.57 Å². The lowest BCUT2D eigenvalue weighted by atomic mass is 10.3. The zero-order valence-corrected chi connectivity index (χ0v) is 9.64. The molecule has 2 rings (SSSR count). The van der Waals surface area contributed by atoms with E-state index in [1.807, 2.05) is 6.07 Å². The molecule has 0 N–H and O–H groups in total. The molecule has 1 atom stereocenters. The molecule has 0 saturated heterocycles. The number of rotatable bonds is 1. The Morgan fingerprint density at radius 3 is 2.21 bits per heavy atom. The molecule has 0 amide bonds. The minimum atomic E-state index is 1.23. The highest BCUT2D eigenvalue weighted by Gasteiger charge is 2.06. The number of para-hydroxylation sites is 1. The smallest absolute Gasteiger partial charge is 0.0455 e. The van der Waals surface area contributed by atoms with Gasteiger partial charge in [0.2, 0.25) is 0 Å². The summed E-state index contributed by atoms with van der Waals surface area (Å²) >= 11 is 0. The maximum atomic E-state index is 2.77. The number of aryl methyl sites for hydroxylation is 1. The van der Waals surface area contributed by atoms with E-state index in [1.165, 1.54) is 22.4 Å². The summed E-state index contributed by atoms with van der Waals surface area (Å²) in [7, 11) is 2.77. The number of benzene rings is 1. The van der Waals surface area contributed by atoms with Crippen molar-refractivity contribution in [2.24, 2.45) is 0 Å². The molecule has 0 fully saturated rings. The fourth-order valence-electron chi connectivity index (χ4n) is 1.76. The third kappa shape index (κ3) is 1.49. The van der Waals surface area contributed by atoms with E-state index < -0.39 is 0 Å². The van der Waals surface area contributed by atoms with Crippen molar-refractivity contribution in [2.75, 3.05) is 0 Å². The maximum Gasteiger partial charge on any atom is 0.0455 e. The lowest BCUT2D eigenvalue weighted by molar-refractivity contribution is 0.969. The number of hydrogen-bond donors (Lipinski definition) is 0. The van der Waals surface area contributed by atoms with Crippen LogP contribution in [0.4, 0.5) is 0 Å². The van der Waals surface area contributed by atoms with Crippen LogP contribution in [0, 0.1) is 13.8 Å². The van der Waals surface area contributed by atoms with E-state index in [9.17, 15) is 0 Å². The number of hydrogen-bond acceptors (Lipinski definition) is 0. The van der Waals surface area contributed by atoms with Gasteiger partial charge in [0.15, 0.2) is 0 Å². The Bertz CT molecular complexity index is 443. The van der Waals surface area contributed by atoms with Crippen molar-refractivity contribution in [3.63, 3.8) is 0 Å². The molecule has 1 aromatic heterocycles. The monoisotopic (exact) mass is 203 g/mol. The Balaban J connectivity index is 2.62. The molecule has 2 aromatic rings. The summed E-state index contributed by atoms with van der Waals surface area (Å²) in [5, 5.41) is 1.27. The van der Waals surface area contributed by atoms with Crippen LogP contribution in [0.3, 0.4) is 0 Å². The van der Waals surface area contributed by atoms with E-state index in [1.54, 1.807) is 0 Å². The van der Waals surface area contributed by atoms with Crippen LogP contribution < -0.4 is 5.30 Å². The summed E-state index contributed by atoms with van der Waals surface area (Å²) in [5.41, 5.74) is 3.80. The van der Waals surface area contributed by atoms with Gasteiger partial charge in [0.25, 0.3) is 0 Å². The van der Waals surface area contributed by atoms with Gasteiger partial charge in [0.1, 0.15) is 0 Å². The lowest BCUT2D eigenvalue weighted by Gasteiger charge is -2.08. The Morgan fingerprint density at radius 1 is 1.07 bits per heavy atom. The molecule has 0 aliphatic rings. The van der Waals surface area contributed by atoms with Crippen LogP contribution in [0.1, 0.15) is 11.4 Å². The molecule has 2 heteroatoms. The highest BCUT2D eigenvalue weighted by molar-refractivity contribution is 7.27. The summed E-state index contributed by atoms with van der Waals surface area (Å²) < 4.78 is 2.27. The van der Waals surface area contributed by atoms with E-state index in [0.29, 0.717) is 0 Å². The van der Waals surface area contributed by atoms with Crippen molar-refractivity contribution in [1.29, 1.82) is 0 Å². The highest BCUT2D eigenvalue weighted by atomic mass is 31.0. The van der Waals surface area contributed by atoms with Gasteiger partial charge in [0.05, 0.1) is 0 Å². The molecule has 0 bridgehead atoms. The summed E-state index contributed by atoms with van der Waals surface area (Å²) in [6.45, 7) is 4.27. The van der Waals surface area contributed by atoms with Crippen LogP contribution in [0.5, 0.6) is 0 Å². The zero-order valence-electron chi connectivity index (χ0n) is 8.49. The molecular weight excluding hydrogens is 189 g/mol. The Kier molecular flexibility index (Phi) is 2.43. The van der Waals surface area contributed by atoms with Gasteiger partial charge in [-0.3, -0.25) is 0 Å². The molecule has 72 valence electrons. The fourth-order valence-corrected chi connectivity index (χ4v) is 2.13. The van der Waals surface area contributed by atoms with Gasteiger partial charge in [-0.15, -0.1) is 9.24 Å². The van der Waals surface area contributed by atoms with Crippen LogP contribution >= 0.6 is 9.24 Å². The Labute approximate surface area is 87.0 Å². The van der Waals surface area contributed by atoms with E-state index in [2.05, 4.69) is 58.0 Å². The molecule has 1 aromatic carbocycles. The second-order valence-corrected chi connectivity index (χ2v) is 4.12. The molecular formula is C12H14NP. The molecule has 0 radical (unpaired) electrons. The molecule has 0 saturated carbocycles. The average Bonchev–Trinajstić information content (AvgIpc) is 2.43. The van der Waals surface area contributed by atoms with Crippen LogP contribution in [-0.4, -0.2) is 4.57 Å². The van der Waals surface area contributed by atoms with Crippen molar-refractivity contribution < 1.29 is 0 Å². The van der Waals surface area contributed by atoms with Crippen LogP contribution in [0.15, 0.2) is 36.4 Å². The first-order chi connectivity index (χ1) is 6.70. The second-order valence-electron chi connectivity index (χ2n) is 3.50. The third-order valence-corrected chi connectivity index (χ3v) is 3.07. The number of nitrogens with zero attached hydrogens (tertiary/aromatic N) is 1. The molecule has 0 aliphatic carbocycles. The Hall–Kier alpha value is -1.07. The SMILES string of the molecule is Cc1cc(P)c(C)n1-c1ccccc1. The normalized spacial score (nSPS) is 10.5. The summed E-state index contributed by atoms with van der Waals surface area (Å²) in [6.07, 6.45) is 0. The van der Waals surface area contributed by atoms with Gasteiger partial charge in [-0.1, -0.05) is 18.2 Å². The van der Waals surface area contributed by atoms with Gasteiger partial charge in [-0.2, -0.15) is 0 Å². The average molecular weight is 203 g/mol. The first-order valence-corrected chi connectivity index (χ1v) is 5.27. The summed E-state index contributed by atoms with van der Waals surface area (Å²) in [5.74, 6) is 0. The molecule has 0 spiro atoms. The molecule has 14 heavy (non-hydrogen) atoms. The van der Waals surface area contributed by atoms with Crippen molar-refractivity contribution >= 4 is 14.5 Å². The van der Waals surface area contributed by atoms with E-state index in [-0.39, 0.29) is 0 Å². The van der Waals surface area contributed by atoms with Crippen molar-refractivity contribution in [3.05, 3.63) is 47.8 Å². The van der Waals surface area contributed by atoms with Gasteiger partial charge in [0, 0.05) is 17.1 Å². The summed E-state index contributed by atoms with van der Waals surface area (Å²) in [4.78, 5) is 0. The zero-order chi connectivity index (χ0) is 10.1. The van der Waals surface area contributed by atoms with Gasteiger partial charge in [-0.25, -0.2) is 0 Å². The predicted molar refractivity (Wildman–Crippen MR) is 64.6 cm³/mol. The lowest BCUT2D eigenvalue weighted by Crippen LogP contribution is -2.01. The minimum absolute atomic E-state index is 1.23. The van der Waals surface area contributed by atoms with Crippen molar-refractivity contribution in [2.45, 2.75) is 13.8 Å². The first-order valence-electron chi connectivity index (χ1n) is 4.70. The molecule has 1 nitrogen and oxygen atoms in total. The van der Waals surface area contributed by atoms with Gasteiger partial charge >= 0.3 is 0 Å². The van der Waals surface area contributed by atoms with E-state index in [0.717, 1.165) is 0 Å². The first kappa shape index (κ1) is 9.48. The fraction of sp³-hybridized carbons (Fsp3) is 0.167. The van der Waals surface area contributed by atoms with E-state index >= 15 is 0 Å². The van der Waals surface area contributed by atoms with Crippen LogP contribution in [0.25, 0.3) is 5.69 Å². The van der Waals surface area contributed by atoms with Crippen LogP contribution in [-0.2, 0) is 0 Å². The van der Waals surface area contributed by atoms with Crippen molar-refractivity contribution in [1.82, 2.24) is 4.57 Å². The molecule has 1 unspecified atom stereocenters. The Morgan fingerprint density at radius 2 is 1.71 bits per heavy atom. The van der Waals surface area contributed by atoms with E-state index in [4.69, 9.17) is 0 Å². The number of aromatic nitrogens is 1. The largest absolute Gasteiger partial charge is 0.318 e. The second kappa shape index (κ2) is 3.59. The topological polar surface area (TPSA) is 4.93 Å². The molecule has 1 heterocycles. The maximum absolute atomic E-state index is 2.77. The summed E-state index contributed by atoms with van der Waals surface area (Å²) in [6, 6.07) is 12.6. The van der Waals surface area contributed by atoms with Gasteiger partial charge in [-0.05, 0) is 37.4 Å². The van der Waals surface area contributed by atoms with Crippen LogP contribution in [0.2, 0.25) is 0 Å². The minimum Gasteiger partial charge on any atom is -0.318 e. The van der Waals surface area contributed by atoms with Crippen molar-refractivity contribution in [3.8, 4) is 5.69 Å². The third-order valence-electron chi connectivity index (χ3n) is 2.48.